The molecule has 0 aromatic carbocycles. The van der Waals surface area contributed by atoms with Crippen LogP contribution in [-0.4, -0.2) is 33.1 Å². The highest BCUT2D eigenvalue weighted by atomic mass is 16.3. The Hall–Kier alpha value is -0.900. The second kappa shape index (κ2) is 9.30. The molecule has 3 N–H and O–H groups in total. The Kier molecular flexibility index (Phi) is 7.37. The van der Waals surface area contributed by atoms with Crippen LogP contribution < -0.4 is 0 Å². The molecular formula is C27H44O3. The molecule has 0 aromatic heterocycles. The maximum absolute atomic E-state index is 10.1. The highest BCUT2D eigenvalue weighted by molar-refractivity contribution is 5.29. The van der Waals surface area contributed by atoms with Gasteiger partial charge in [-0.25, -0.2) is 0 Å². The SMILES string of the molecule is C=C1[C@H](O)CC(=CC=C2CCC[C@@]3(C)C2CCC3[C@@H](C)CCCC(C)(C)O)C[C@H]1O. The number of aliphatic hydroxyl groups is 3. The Labute approximate surface area is 184 Å². The van der Waals surface area contributed by atoms with Crippen molar-refractivity contribution >= 4 is 0 Å². The monoisotopic (exact) mass is 416 g/mol. The molecule has 0 radical (unpaired) electrons. The average Bonchev–Trinajstić information content (AvgIpc) is 3.00. The van der Waals surface area contributed by atoms with E-state index in [1.165, 1.54) is 38.5 Å². The van der Waals surface area contributed by atoms with Crippen molar-refractivity contribution in [3.8, 4) is 0 Å². The van der Waals surface area contributed by atoms with Crippen LogP contribution in [0.5, 0.6) is 0 Å². The predicted octanol–water partition coefficient (Wildman–Crippen LogP) is 5.70. The van der Waals surface area contributed by atoms with Crippen LogP contribution in [0.2, 0.25) is 0 Å². The molecule has 3 rings (SSSR count). The van der Waals surface area contributed by atoms with Crippen LogP contribution in [0.15, 0.2) is 35.5 Å². The highest BCUT2D eigenvalue weighted by Crippen LogP contribution is 2.60. The molecule has 3 saturated carbocycles. The number of hydrogen-bond acceptors (Lipinski definition) is 3. The maximum Gasteiger partial charge on any atom is 0.0809 e. The van der Waals surface area contributed by atoms with Crippen molar-refractivity contribution in [2.45, 2.75) is 110 Å². The van der Waals surface area contributed by atoms with E-state index < -0.39 is 17.8 Å². The normalized spacial score (nSPS) is 37.4. The van der Waals surface area contributed by atoms with E-state index in [0.717, 1.165) is 24.3 Å². The Morgan fingerprint density at radius 2 is 1.83 bits per heavy atom. The lowest BCUT2D eigenvalue weighted by Gasteiger charge is -2.44. The second-order valence-corrected chi connectivity index (χ2v) is 11.4. The van der Waals surface area contributed by atoms with E-state index in [9.17, 15) is 15.3 Å². The second-order valence-electron chi connectivity index (χ2n) is 11.4. The lowest BCUT2D eigenvalue weighted by Crippen LogP contribution is -2.36. The fourth-order valence-corrected chi connectivity index (χ4v) is 6.70. The number of fused-ring (bicyclic) bond motifs is 1. The van der Waals surface area contributed by atoms with E-state index in [2.05, 4.69) is 32.6 Å². The fourth-order valence-electron chi connectivity index (χ4n) is 6.70. The van der Waals surface area contributed by atoms with Crippen LogP contribution >= 0.6 is 0 Å². The standard InChI is InChI=1S/C27H44O3/c1-18(8-6-14-26(3,4)30)22-12-13-23-21(9-7-15-27(22,23)5)11-10-20-16-24(28)19(2)25(29)17-20/h10-11,18,22-25,28-30H,2,6-9,12-17H2,1,3-5H3/t18-,22?,23?,24+,25+,27+/m0/s1. The first kappa shape index (κ1) is 23.8. The van der Waals surface area contributed by atoms with Crippen molar-refractivity contribution in [3.63, 3.8) is 0 Å². The minimum absolute atomic E-state index is 0.386. The molecule has 2 unspecified atom stereocenters. The van der Waals surface area contributed by atoms with Crippen LogP contribution in [0.3, 0.4) is 0 Å². The summed E-state index contributed by atoms with van der Waals surface area (Å²) in [5.74, 6) is 2.13. The van der Waals surface area contributed by atoms with Gasteiger partial charge in [-0.15, -0.1) is 0 Å². The highest BCUT2D eigenvalue weighted by Gasteiger charge is 2.50. The predicted molar refractivity (Wildman–Crippen MR) is 124 cm³/mol. The third-order valence-corrected chi connectivity index (χ3v) is 8.47. The summed E-state index contributed by atoms with van der Waals surface area (Å²) in [6.45, 7) is 12.6. The summed E-state index contributed by atoms with van der Waals surface area (Å²) in [6, 6.07) is 0. The van der Waals surface area contributed by atoms with Crippen LogP contribution in [0.25, 0.3) is 0 Å². The van der Waals surface area contributed by atoms with Gasteiger partial charge in [0.15, 0.2) is 0 Å². The number of allylic oxidation sites excluding steroid dienone is 3. The summed E-state index contributed by atoms with van der Waals surface area (Å²) in [5, 5.41) is 30.3. The molecular weight excluding hydrogens is 372 g/mol. The van der Waals surface area contributed by atoms with Gasteiger partial charge in [-0.3, -0.25) is 0 Å². The molecule has 30 heavy (non-hydrogen) atoms. The molecule has 170 valence electrons. The van der Waals surface area contributed by atoms with Gasteiger partial charge in [0.2, 0.25) is 0 Å². The van der Waals surface area contributed by atoms with Gasteiger partial charge in [0.05, 0.1) is 17.8 Å². The Morgan fingerprint density at radius 1 is 1.17 bits per heavy atom. The van der Waals surface area contributed by atoms with Gasteiger partial charge in [-0.1, -0.05) is 56.6 Å². The van der Waals surface area contributed by atoms with Crippen molar-refractivity contribution in [2.24, 2.45) is 23.2 Å². The lowest BCUT2D eigenvalue weighted by molar-refractivity contribution is 0.0596. The van der Waals surface area contributed by atoms with Crippen molar-refractivity contribution in [3.05, 3.63) is 35.5 Å². The summed E-state index contributed by atoms with van der Waals surface area (Å²) < 4.78 is 0. The average molecular weight is 417 g/mol. The number of hydrogen-bond donors (Lipinski definition) is 3. The zero-order valence-electron chi connectivity index (χ0n) is 19.7. The first-order chi connectivity index (χ1) is 14.0. The largest absolute Gasteiger partial charge is 0.390 e. The summed E-state index contributed by atoms with van der Waals surface area (Å²) in [7, 11) is 0. The van der Waals surface area contributed by atoms with Crippen LogP contribution in [-0.2, 0) is 0 Å². The van der Waals surface area contributed by atoms with Crippen molar-refractivity contribution in [1.82, 2.24) is 0 Å². The molecule has 0 spiro atoms. The molecule has 3 aliphatic rings. The van der Waals surface area contributed by atoms with E-state index in [1.54, 1.807) is 5.57 Å². The maximum atomic E-state index is 10.1. The summed E-state index contributed by atoms with van der Waals surface area (Å²) in [6.07, 6.45) is 14.0. The van der Waals surface area contributed by atoms with E-state index in [-0.39, 0.29) is 0 Å². The first-order valence-corrected chi connectivity index (χ1v) is 12.2. The molecule has 0 aliphatic heterocycles. The van der Waals surface area contributed by atoms with Crippen LogP contribution in [0.4, 0.5) is 0 Å². The molecule has 0 bridgehead atoms. The summed E-state index contributed by atoms with van der Waals surface area (Å²) >= 11 is 0. The van der Waals surface area contributed by atoms with Gasteiger partial charge in [0, 0.05) is 0 Å². The minimum atomic E-state index is -0.615. The molecule has 3 nitrogen and oxygen atoms in total. The third kappa shape index (κ3) is 5.29. The smallest absolute Gasteiger partial charge is 0.0809 e. The molecule has 3 aliphatic carbocycles. The summed E-state index contributed by atoms with van der Waals surface area (Å²) in [4.78, 5) is 0. The van der Waals surface area contributed by atoms with Crippen LogP contribution in [0, 0.1) is 23.2 Å². The quantitative estimate of drug-likeness (QED) is 0.486. The minimum Gasteiger partial charge on any atom is -0.390 e. The molecule has 3 fully saturated rings. The number of aliphatic hydroxyl groups excluding tert-OH is 2. The van der Waals surface area contributed by atoms with Gasteiger partial charge in [-0.2, -0.15) is 0 Å². The van der Waals surface area contributed by atoms with E-state index >= 15 is 0 Å². The Bertz CT molecular complexity index is 667. The van der Waals surface area contributed by atoms with Crippen molar-refractivity contribution in [2.75, 3.05) is 0 Å². The third-order valence-electron chi connectivity index (χ3n) is 8.47. The summed E-state index contributed by atoms with van der Waals surface area (Å²) in [5.41, 5.74) is 3.11. The molecule has 0 amide bonds. The Balaban J connectivity index is 1.67. The van der Waals surface area contributed by atoms with Crippen molar-refractivity contribution in [1.29, 1.82) is 0 Å². The van der Waals surface area contributed by atoms with E-state index in [4.69, 9.17) is 0 Å². The lowest BCUT2D eigenvalue weighted by atomic mass is 9.60. The topological polar surface area (TPSA) is 60.7 Å². The van der Waals surface area contributed by atoms with E-state index in [0.29, 0.717) is 35.7 Å². The molecule has 3 heteroatoms. The molecule has 0 aromatic rings. The zero-order chi connectivity index (χ0) is 22.1. The number of rotatable bonds is 6. The molecule has 6 atom stereocenters. The molecule has 0 heterocycles. The van der Waals surface area contributed by atoms with E-state index in [1.807, 2.05) is 13.8 Å². The van der Waals surface area contributed by atoms with Gasteiger partial charge in [-0.05, 0) is 94.0 Å². The zero-order valence-corrected chi connectivity index (χ0v) is 19.7. The van der Waals surface area contributed by atoms with Crippen LogP contribution in [0.1, 0.15) is 91.9 Å². The van der Waals surface area contributed by atoms with Crippen molar-refractivity contribution < 1.29 is 15.3 Å². The van der Waals surface area contributed by atoms with Gasteiger partial charge in [0.25, 0.3) is 0 Å². The fraction of sp³-hybridized carbons (Fsp3) is 0.778. The first-order valence-electron chi connectivity index (χ1n) is 12.2. The Morgan fingerprint density at radius 3 is 2.47 bits per heavy atom. The van der Waals surface area contributed by atoms with Gasteiger partial charge in [0.1, 0.15) is 0 Å². The van der Waals surface area contributed by atoms with Gasteiger partial charge < -0.3 is 15.3 Å². The molecule has 0 saturated heterocycles. The van der Waals surface area contributed by atoms with Gasteiger partial charge >= 0.3 is 0 Å².